The van der Waals surface area contributed by atoms with Crippen molar-refractivity contribution in [2.75, 3.05) is 17.6 Å². The van der Waals surface area contributed by atoms with Gasteiger partial charge in [0, 0.05) is 12.6 Å². The lowest BCUT2D eigenvalue weighted by atomic mass is 10.2. The summed E-state index contributed by atoms with van der Waals surface area (Å²) in [4.78, 5) is 14.9. The molecule has 0 aliphatic heterocycles. The van der Waals surface area contributed by atoms with E-state index in [1.807, 2.05) is 0 Å². The van der Waals surface area contributed by atoms with Crippen LogP contribution < -0.4 is 16.4 Å². The number of hydrogen-bond donors (Lipinski definition) is 5. The van der Waals surface area contributed by atoms with Gasteiger partial charge in [-0.2, -0.15) is 0 Å². The monoisotopic (exact) mass is 316 g/mol. The Morgan fingerprint density at radius 3 is 2.68 bits per heavy atom. The molecular weight excluding hydrogens is 295 g/mol. The highest BCUT2D eigenvalue weighted by atomic mass is 19.1. The zero-order valence-electron chi connectivity index (χ0n) is 12.6. The van der Waals surface area contributed by atoms with Gasteiger partial charge in [-0.1, -0.05) is 0 Å². The van der Waals surface area contributed by atoms with Gasteiger partial charge >= 0.3 is 5.97 Å². The van der Waals surface area contributed by atoms with Crippen LogP contribution >= 0.6 is 0 Å². The van der Waals surface area contributed by atoms with Crippen molar-refractivity contribution in [2.24, 2.45) is 0 Å². The fourth-order valence-electron chi connectivity index (χ4n) is 1.56. The lowest BCUT2D eigenvalue weighted by Gasteiger charge is -2.26. The normalized spacial score (nSPS) is 14.4. The molecule has 9 heteroatoms. The van der Waals surface area contributed by atoms with Gasteiger partial charge in [-0.05, 0) is 20.8 Å². The van der Waals surface area contributed by atoms with Gasteiger partial charge in [-0.3, -0.25) is 10.1 Å². The Balaban J connectivity index is 2.63. The molecule has 1 unspecified atom stereocenters. The number of nitrogen functional groups attached to an aromatic ring is 1. The molecule has 0 saturated heterocycles. The second-order valence-corrected chi connectivity index (χ2v) is 5.61. The van der Waals surface area contributed by atoms with Crippen LogP contribution in [0.15, 0.2) is 12.3 Å². The van der Waals surface area contributed by atoms with Gasteiger partial charge in [0.1, 0.15) is 17.7 Å². The highest BCUT2D eigenvalue weighted by Crippen LogP contribution is 2.15. The minimum atomic E-state index is -1.46. The van der Waals surface area contributed by atoms with Gasteiger partial charge in [-0.25, -0.2) is 9.37 Å². The number of nitrogens with zero attached hydrogens (tertiary/aromatic N) is 1. The molecule has 0 aliphatic rings. The first kappa shape index (κ1) is 18.1. The van der Waals surface area contributed by atoms with E-state index in [2.05, 4.69) is 15.6 Å². The van der Waals surface area contributed by atoms with Crippen molar-refractivity contribution >= 4 is 17.5 Å². The standard InChI is InChI=1S/C13H21FN4O4/c1-13(2,3)22-12(21)18-9(11(19)20)6-17-10-8(15)4-7(14)5-16-10/h4-5,9,12,18,21H,6,15H2,1-3H3,(H,16,17)(H,19,20)/t9-,12?/m0/s1. The molecule has 0 aliphatic carbocycles. The number of halogens is 1. The summed E-state index contributed by atoms with van der Waals surface area (Å²) >= 11 is 0. The van der Waals surface area contributed by atoms with Crippen LogP contribution in [0.25, 0.3) is 0 Å². The quantitative estimate of drug-likeness (QED) is 0.456. The van der Waals surface area contributed by atoms with E-state index in [0.29, 0.717) is 0 Å². The van der Waals surface area contributed by atoms with Gasteiger partial charge < -0.3 is 26.0 Å². The summed E-state index contributed by atoms with van der Waals surface area (Å²) in [5.41, 5.74) is 4.97. The van der Waals surface area contributed by atoms with Crippen molar-refractivity contribution in [3.05, 3.63) is 18.1 Å². The highest BCUT2D eigenvalue weighted by molar-refractivity contribution is 5.74. The summed E-state index contributed by atoms with van der Waals surface area (Å²) in [5, 5.41) is 23.9. The number of aliphatic hydroxyl groups excluding tert-OH is 1. The number of carboxylic acids is 1. The largest absolute Gasteiger partial charge is 0.480 e. The number of rotatable bonds is 7. The van der Waals surface area contributed by atoms with Gasteiger partial charge in [-0.15, -0.1) is 0 Å². The third-order valence-corrected chi connectivity index (χ3v) is 2.46. The summed E-state index contributed by atoms with van der Waals surface area (Å²) in [5.74, 6) is -1.64. The van der Waals surface area contributed by atoms with Crippen molar-refractivity contribution < 1.29 is 24.1 Å². The molecule has 1 rings (SSSR count). The SMILES string of the molecule is CC(C)(C)OC(O)N[C@@H](CNc1ncc(F)cc1N)C(=O)O. The fourth-order valence-corrected chi connectivity index (χ4v) is 1.56. The number of aliphatic carboxylic acids is 1. The predicted octanol–water partition coefficient (Wildman–Crippen LogP) is 0.349. The third kappa shape index (κ3) is 6.20. The van der Waals surface area contributed by atoms with E-state index in [4.69, 9.17) is 15.6 Å². The summed E-state index contributed by atoms with van der Waals surface area (Å²) < 4.78 is 18.1. The molecule has 8 nitrogen and oxygen atoms in total. The zero-order valence-corrected chi connectivity index (χ0v) is 12.6. The minimum Gasteiger partial charge on any atom is -0.480 e. The smallest absolute Gasteiger partial charge is 0.322 e. The second-order valence-electron chi connectivity index (χ2n) is 5.61. The summed E-state index contributed by atoms with van der Waals surface area (Å²) in [6, 6.07) is -0.0978. The van der Waals surface area contributed by atoms with Crippen LogP contribution in [0.5, 0.6) is 0 Å². The van der Waals surface area contributed by atoms with Crippen LogP contribution in [-0.2, 0) is 9.53 Å². The molecule has 0 fully saturated rings. The molecule has 0 bridgehead atoms. The number of nitrogens with two attached hydrogens (primary N) is 1. The molecule has 0 aromatic carbocycles. The Morgan fingerprint density at radius 1 is 1.55 bits per heavy atom. The van der Waals surface area contributed by atoms with Crippen molar-refractivity contribution in [2.45, 2.75) is 38.8 Å². The number of carbonyl (C=O) groups is 1. The van der Waals surface area contributed by atoms with E-state index < -0.39 is 29.8 Å². The van der Waals surface area contributed by atoms with Crippen LogP contribution in [-0.4, -0.2) is 45.8 Å². The average Bonchev–Trinajstić information content (AvgIpc) is 2.33. The van der Waals surface area contributed by atoms with Crippen LogP contribution in [0.1, 0.15) is 20.8 Å². The Kier molecular flexibility index (Phi) is 6.03. The number of ether oxygens (including phenoxy) is 1. The van der Waals surface area contributed by atoms with Crippen molar-refractivity contribution in [1.29, 1.82) is 0 Å². The van der Waals surface area contributed by atoms with Crippen LogP contribution in [0.4, 0.5) is 15.9 Å². The van der Waals surface area contributed by atoms with Crippen molar-refractivity contribution in [3.8, 4) is 0 Å². The number of pyridine rings is 1. The van der Waals surface area contributed by atoms with Gasteiger partial charge in [0.2, 0.25) is 6.41 Å². The molecular formula is C13H21FN4O4. The summed E-state index contributed by atoms with van der Waals surface area (Å²) in [6.45, 7) is 5.02. The molecule has 0 saturated carbocycles. The predicted molar refractivity (Wildman–Crippen MR) is 78.5 cm³/mol. The lowest BCUT2D eigenvalue weighted by molar-refractivity contribution is -0.188. The van der Waals surface area contributed by atoms with Crippen molar-refractivity contribution in [1.82, 2.24) is 10.3 Å². The maximum absolute atomic E-state index is 12.9. The number of hydrogen-bond acceptors (Lipinski definition) is 7. The Labute approximate surface area is 127 Å². The van der Waals surface area contributed by atoms with Gasteiger partial charge in [0.15, 0.2) is 0 Å². The molecule has 6 N–H and O–H groups in total. The number of nitrogens with one attached hydrogen (secondary N) is 2. The minimum absolute atomic E-state index is 0.0515. The van der Waals surface area contributed by atoms with E-state index in [1.54, 1.807) is 20.8 Å². The second kappa shape index (κ2) is 7.34. The Hall–Kier alpha value is -1.97. The van der Waals surface area contributed by atoms with Crippen LogP contribution in [0.3, 0.4) is 0 Å². The van der Waals surface area contributed by atoms with Gasteiger partial charge in [0.05, 0.1) is 17.5 Å². The molecule has 1 heterocycles. The van der Waals surface area contributed by atoms with Gasteiger partial charge in [0.25, 0.3) is 0 Å². The van der Waals surface area contributed by atoms with Crippen LogP contribution in [0.2, 0.25) is 0 Å². The Bertz CT molecular complexity index is 521. The number of anilines is 2. The third-order valence-electron chi connectivity index (χ3n) is 2.46. The molecule has 1 aromatic heterocycles. The molecule has 0 radical (unpaired) electrons. The number of aliphatic hydroxyl groups is 1. The molecule has 22 heavy (non-hydrogen) atoms. The van der Waals surface area contributed by atoms with Crippen LogP contribution in [0, 0.1) is 5.82 Å². The first-order valence-corrected chi connectivity index (χ1v) is 6.58. The van der Waals surface area contributed by atoms with E-state index in [9.17, 15) is 14.3 Å². The topological polar surface area (TPSA) is 130 Å². The average molecular weight is 316 g/mol. The van der Waals surface area contributed by atoms with E-state index in [1.165, 1.54) is 0 Å². The molecule has 0 amide bonds. The summed E-state index contributed by atoms with van der Waals surface area (Å²) in [7, 11) is 0. The van der Waals surface area contributed by atoms with E-state index in [-0.39, 0.29) is 18.1 Å². The molecule has 2 atom stereocenters. The number of aromatic nitrogens is 1. The first-order valence-electron chi connectivity index (χ1n) is 6.58. The Morgan fingerprint density at radius 2 is 2.18 bits per heavy atom. The first-order chi connectivity index (χ1) is 10.1. The number of carboxylic acid groups (broad SMARTS) is 1. The maximum Gasteiger partial charge on any atom is 0.322 e. The van der Waals surface area contributed by atoms with E-state index in [0.717, 1.165) is 12.3 Å². The molecule has 1 aromatic rings. The fraction of sp³-hybridized carbons (Fsp3) is 0.538. The lowest BCUT2D eigenvalue weighted by Crippen LogP contribution is -2.50. The molecule has 0 spiro atoms. The van der Waals surface area contributed by atoms with Crippen molar-refractivity contribution in [3.63, 3.8) is 0 Å². The van der Waals surface area contributed by atoms with E-state index >= 15 is 0 Å². The molecule has 124 valence electrons. The zero-order chi connectivity index (χ0) is 16.9. The highest BCUT2D eigenvalue weighted by Gasteiger charge is 2.24. The summed E-state index contributed by atoms with van der Waals surface area (Å²) in [6.07, 6.45) is -0.499. The maximum atomic E-state index is 12.9.